The number of hydrogen-bond donors (Lipinski definition) is 1. The second kappa shape index (κ2) is 7.10. The average Bonchev–Trinajstić information content (AvgIpc) is 2.65. The molecule has 0 saturated heterocycles. The first-order chi connectivity index (χ1) is 12.8. The van der Waals surface area contributed by atoms with Crippen LogP contribution in [0.1, 0.15) is 12.0 Å². The summed E-state index contributed by atoms with van der Waals surface area (Å²) in [5, 5.41) is 2.80. The SMILES string of the molecule is Cn1c(=O)c2cc(NC(=O)CCc3ccc(F)c(F)c3)cnc2n(C)c1=O. The van der Waals surface area contributed by atoms with E-state index in [-0.39, 0.29) is 29.8 Å². The Morgan fingerprint density at radius 1 is 1.11 bits per heavy atom. The number of aromatic nitrogens is 3. The Morgan fingerprint density at radius 3 is 2.56 bits per heavy atom. The van der Waals surface area contributed by atoms with E-state index in [0.29, 0.717) is 11.3 Å². The molecule has 9 heteroatoms. The van der Waals surface area contributed by atoms with Crippen molar-refractivity contribution in [2.75, 3.05) is 5.32 Å². The summed E-state index contributed by atoms with van der Waals surface area (Å²) in [7, 11) is 2.86. The maximum atomic E-state index is 13.2. The molecule has 3 aromatic rings. The zero-order valence-corrected chi connectivity index (χ0v) is 14.6. The number of carbonyl (C=O) groups excluding carboxylic acids is 1. The number of anilines is 1. The summed E-state index contributed by atoms with van der Waals surface area (Å²) in [4.78, 5) is 40.3. The Labute approximate surface area is 151 Å². The van der Waals surface area contributed by atoms with Crippen LogP contribution < -0.4 is 16.6 Å². The number of hydrogen-bond acceptors (Lipinski definition) is 4. The summed E-state index contributed by atoms with van der Waals surface area (Å²) in [5.41, 5.74) is -0.0113. The highest BCUT2D eigenvalue weighted by Gasteiger charge is 2.12. The molecule has 0 aliphatic carbocycles. The lowest BCUT2D eigenvalue weighted by Crippen LogP contribution is -2.37. The number of aryl methyl sites for hydroxylation is 2. The van der Waals surface area contributed by atoms with Gasteiger partial charge >= 0.3 is 5.69 Å². The van der Waals surface area contributed by atoms with E-state index in [1.165, 1.54) is 37.0 Å². The summed E-state index contributed by atoms with van der Waals surface area (Å²) >= 11 is 0. The normalized spacial score (nSPS) is 11.0. The minimum absolute atomic E-state index is 0.0361. The first kappa shape index (κ1) is 18.4. The second-order valence-corrected chi connectivity index (χ2v) is 6.10. The van der Waals surface area contributed by atoms with Crippen LogP contribution in [0.3, 0.4) is 0 Å². The molecule has 1 N–H and O–H groups in total. The Morgan fingerprint density at radius 2 is 1.85 bits per heavy atom. The third-order valence-corrected chi connectivity index (χ3v) is 4.20. The molecule has 27 heavy (non-hydrogen) atoms. The van der Waals surface area contributed by atoms with Crippen molar-refractivity contribution in [3.63, 3.8) is 0 Å². The average molecular weight is 374 g/mol. The molecule has 3 rings (SSSR count). The molecule has 0 radical (unpaired) electrons. The van der Waals surface area contributed by atoms with Gasteiger partial charge < -0.3 is 5.32 Å². The number of pyridine rings is 1. The summed E-state index contributed by atoms with van der Waals surface area (Å²) < 4.78 is 28.3. The molecule has 0 bridgehead atoms. The fourth-order valence-corrected chi connectivity index (χ4v) is 2.71. The number of benzene rings is 1. The van der Waals surface area contributed by atoms with Crippen molar-refractivity contribution in [1.29, 1.82) is 0 Å². The predicted molar refractivity (Wildman–Crippen MR) is 95.5 cm³/mol. The predicted octanol–water partition coefficient (Wildman–Crippen LogP) is 1.48. The first-order valence-electron chi connectivity index (χ1n) is 8.07. The van der Waals surface area contributed by atoms with Crippen molar-refractivity contribution in [3.8, 4) is 0 Å². The van der Waals surface area contributed by atoms with Crippen LogP contribution in [0.4, 0.5) is 14.5 Å². The number of nitrogens with zero attached hydrogens (tertiary/aromatic N) is 3. The van der Waals surface area contributed by atoms with E-state index in [1.54, 1.807) is 0 Å². The van der Waals surface area contributed by atoms with E-state index in [2.05, 4.69) is 10.3 Å². The molecule has 2 aromatic heterocycles. The van der Waals surface area contributed by atoms with Crippen LogP contribution in [-0.2, 0) is 25.3 Å². The third-order valence-electron chi connectivity index (χ3n) is 4.20. The van der Waals surface area contributed by atoms with E-state index < -0.39 is 22.9 Å². The van der Waals surface area contributed by atoms with Crippen molar-refractivity contribution in [2.45, 2.75) is 12.8 Å². The van der Waals surface area contributed by atoms with Gasteiger partial charge in [-0.25, -0.2) is 18.6 Å². The lowest BCUT2D eigenvalue weighted by Gasteiger charge is -2.09. The Kier molecular flexibility index (Phi) is 4.85. The third kappa shape index (κ3) is 3.62. The highest BCUT2D eigenvalue weighted by atomic mass is 19.2. The van der Waals surface area contributed by atoms with Gasteiger partial charge in [0.2, 0.25) is 5.91 Å². The van der Waals surface area contributed by atoms with Crippen LogP contribution in [0.15, 0.2) is 40.1 Å². The highest BCUT2D eigenvalue weighted by Crippen LogP contribution is 2.14. The topological polar surface area (TPSA) is 86.0 Å². The van der Waals surface area contributed by atoms with Crippen molar-refractivity contribution in [1.82, 2.24) is 14.1 Å². The molecule has 0 aliphatic heterocycles. The van der Waals surface area contributed by atoms with E-state index >= 15 is 0 Å². The number of amides is 1. The molecule has 0 aliphatic rings. The number of carbonyl (C=O) groups is 1. The van der Waals surface area contributed by atoms with Crippen molar-refractivity contribution in [3.05, 3.63) is 68.5 Å². The van der Waals surface area contributed by atoms with Gasteiger partial charge in [-0.2, -0.15) is 0 Å². The molecular weight excluding hydrogens is 358 g/mol. The number of fused-ring (bicyclic) bond motifs is 1. The van der Waals surface area contributed by atoms with Crippen molar-refractivity contribution < 1.29 is 13.6 Å². The van der Waals surface area contributed by atoms with Gasteiger partial charge in [0.1, 0.15) is 5.65 Å². The molecule has 140 valence electrons. The van der Waals surface area contributed by atoms with E-state index in [1.807, 2.05) is 0 Å². The molecular formula is C18H16F2N4O3. The molecule has 0 spiro atoms. The molecule has 0 atom stereocenters. The maximum absolute atomic E-state index is 13.2. The molecule has 0 unspecified atom stereocenters. The van der Waals surface area contributed by atoms with Gasteiger partial charge in [0.15, 0.2) is 11.6 Å². The van der Waals surface area contributed by atoms with Crippen LogP contribution in [0, 0.1) is 11.6 Å². The van der Waals surface area contributed by atoms with Crippen molar-refractivity contribution >= 4 is 22.6 Å². The fraction of sp³-hybridized carbons (Fsp3) is 0.222. The molecule has 0 fully saturated rings. The summed E-state index contributed by atoms with van der Waals surface area (Å²) in [6.45, 7) is 0. The van der Waals surface area contributed by atoms with Crippen LogP contribution in [0.25, 0.3) is 11.0 Å². The monoisotopic (exact) mass is 374 g/mol. The van der Waals surface area contributed by atoms with Gasteiger partial charge in [0.05, 0.1) is 17.3 Å². The van der Waals surface area contributed by atoms with E-state index in [4.69, 9.17) is 0 Å². The lowest BCUT2D eigenvalue weighted by molar-refractivity contribution is -0.116. The number of nitrogens with one attached hydrogen (secondary N) is 1. The molecule has 2 heterocycles. The quantitative estimate of drug-likeness (QED) is 0.750. The van der Waals surface area contributed by atoms with Crippen LogP contribution in [-0.4, -0.2) is 20.0 Å². The number of halogens is 2. The minimum Gasteiger partial charge on any atom is -0.325 e. The van der Waals surface area contributed by atoms with Gasteiger partial charge in [-0.1, -0.05) is 6.07 Å². The Hall–Kier alpha value is -3.36. The zero-order chi connectivity index (χ0) is 19.7. The van der Waals surface area contributed by atoms with Gasteiger partial charge in [0, 0.05) is 20.5 Å². The standard InChI is InChI=1S/C18H16F2N4O3/c1-23-16-12(17(26)24(2)18(23)27)8-11(9-21-16)22-15(25)6-4-10-3-5-13(19)14(20)7-10/h3,5,7-9H,4,6H2,1-2H3,(H,22,25). The summed E-state index contributed by atoms with van der Waals surface area (Å²) in [6.07, 6.45) is 1.60. The largest absolute Gasteiger partial charge is 0.332 e. The molecule has 1 aromatic carbocycles. The summed E-state index contributed by atoms with van der Waals surface area (Å²) in [5.74, 6) is -2.28. The van der Waals surface area contributed by atoms with Crippen LogP contribution >= 0.6 is 0 Å². The van der Waals surface area contributed by atoms with Crippen LogP contribution in [0.2, 0.25) is 0 Å². The fourth-order valence-electron chi connectivity index (χ4n) is 2.71. The van der Waals surface area contributed by atoms with Gasteiger partial charge in [-0.05, 0) is 30.2 Å². The highest BCUT2D eigenvalue weighted by molar-refractivity contribution is 5.92. The second-order valence-electron chi connectivity index (χ2n) is 6.10. The first-order valence-corrected chi connectivity index (χ1v) is 8.07. The lowest BCUT2D eigenvalue weighted by atomic mass is 10.1. The van der Waals surface area contributed by atoms with Gasteiger partial charge in [-0.3, -0.25) is 18.7 Å². The van der Waals surface area contributed by atoms with Crippen molar-refractivity contribution in [2.24, 2.45) is 14.1 Å². The summed E-state index contributed by atoms with van der Waals surface area (Å²) in [6, 6.07) is 4.91. The molecule has 0 saturated carbocycles. The Balaban J connectivity index is 1.78. The smallest absolute Gasteiger partial charge is 0.325 e. The zero-order valence-electron chi connectivity index (χ0n) is 14.6. The minimum atomic E-state index is -0.965. The Bertz CT molecular complexity index is 1170. The van der Waals surface area contributed by atoms with E-state index in [0.717, 1.165) is 16.7 Å². The maximum Gasteiger partial charge on any atom is 0.332 e. The van der Waals surface area contributed by atoms with Crippen LogP contribution in [0.5, 0.6) is 0 Å². The number of rotatable bonds is 4. The van der Waals surface area contributed by atoms with E-state index in [9.17, 15) is 23.2 Å². The molecule has 1 amide bonds. The van der Waals surface area contributed by atoms with Gasteiger partial charge in [0.25, 0.3) is 5.56 Å². The van der Waals surface area contributed by atoms with Gasteiger partial charge in [-0.15, -0.1) is 0 Å². The molecule has 7 nitrogen and oxygen atoms in total.